The minimum atomic E-state index is 0.505. The molecule has 0 aliphatic carbocycles. The maximum atomic E-state index is 5.70. The second-order valence-electron chi connectivity index (χ2n) is 2.87. The van der Waals surface area contributed by atoms with E-state index in [1.165, 1.54) is 6.33 Å². The first-order valence-corrected chi connectivity index (χ1v) is 4.12. The summed E-state index contributed by atoms with van der Waals surface area (Å²) in [7, 11) is 0. The van der Waals surface area contributed by atoms with Crippen molar-refractivity contribution in [3.8, 4) is 11.4 Å². The van der Waals surface area contributed by atoms with Crippen molar-refractivity contribution < 1.29 is 0 Å². The highest BCUT2D eigenvalue weighted by Crippen LogP contribution is 2.18. The first-order chi connectivity index (χ1) is 6.77. The van der Waals surface area contributed by atoms with Crippen LogP contribution in [0.15, 0.2) is 24.9 Å². The van der Waals surface area contributed by atoms with Gasteiger partial charge in [0.1, 0.15) is 17.7 Å². The highest BCUT2D eigenvalue weighted by Gasteiger charge is 2.04. The molecule has 0 atom stereocenters. The molecule has 2 aromatic rings. The number of nitrogens with two attached hydrogens (primary N) is 1. The monoisotopic (exact) mass is 187 g/mol. The van der Waals surface area contributed by atoms with Crippen molar-refractivity contribution in [3.63, 3.8) is 0 Å². The summed E-state index contributed by atoms with van der Waals surface area (Å²) >= 11 is 0. The average molecular weight is 187 g/mol. The van der Waals surface area contributed by atoms with Crippen molar-refractivity contribution in [3.05, 3.63) is 30.6 Å². The topological polar surface area (TPSA) is 77.6 Å². The summed E-state index contributed by atoms with van der Waals surface area (Å²) in [6, 6.07) is 0. The Morgan fingerprint density at radius 1 is 1.07 bits per heavy atom. The highest BCUT2D eigenvalue weighted by atomic mass is 14.9. The van der Waals surface area contributed by atoms with E-state index >= 15 is 0 Å². The lowest BCUT2D eigenvalue weighted by molar-refractivity contribution is 1.09. The van der Waals surface area contributed by atoms with Crippen molar-refractivity contribution in [1.29, 1.82) is 0 Å². The highest BCUT2D eigenvalue weighted by molar-refractivity contribution is 5.67. The molecule has 0 unspecified atom stereocenters. The molecule has 0 spiro atoms. The molecule has 70 valence electrons. The van der Waals surface area contributed by atoms with Crippen LogP contribution in [0.25, 0.3) is 11.4 Å². The van der Waals surface area contributed by atoms with Crippen LogP contribution in [0, 0.1) is 6.92 Å². The summed E-state index contributed by atoms with van der Waals surface area (Å²) in [5, 5.41) is 0. The van der Waals surface area contributed by atoms with Gasteiger partial charge in [-0.1, -0.05) is 0 Å². The zero-order valence-electron chi connectivity index (χ0n) is 7.68. The van der Waals surface area contributed by atoms with Gasteiger partial charge in [0.15, 0.2) is 0 Å². The molecule has 0 radical (unpaired) electrons. The zero-order chi connectivity index (χ0) is 9.97. The molecule has 2 N–H and O–H groups in total. The number of anilines is 1. The van der Waals surface area contributed by atoms with Crippen molar-refractivity contribution >= 4 is 5.69 Å². The van der Waals surface area contributed by atoms with E-state index in [9.17, 15) is 0 Å². The number of aromatic nitrogens is 4. The van der Waals surface area contributed by atoms with Crippen LogP contribution in [0.1, 0.15) is 5.69 Å². The van der Waals surface area contributed by atoms with Crippen LogP contribution in [0.4, 0.5) is 5.69 Å². The van der Waals surface area contributed by atoms with E-state index in [0.29, 0.717) is 17.1 Å². The quantitative estimate of drug-likeness (QED) is 0.715. The van der Waals surface area contributed by atoms with Gasteiger partial charge in [0, 0.05) is 6.20 Å². The fourth-order valence-corrected chi connectivity index (χ4v) is 1.07. The first-order valence-electron chi connectivity index (χ1n) is 4.12. The molecule has 0 saturated carbocycles. The number of hydrogen-bond acceptors (Lipinski definition) is 5. The Hall–Kier alpha value is -2.04. The molecule has 0 bridgehead atoms. The van der Waals surface area contributed by atoms with Crippen molar-refractivity contribution in [2.24, 2.45) is 0 Å². The normalized spacial score (nSPS) is 10.1. The largest absolute Gasteiger partial charge is 0.396 e. The number of nitrogen functional groups attached to an aromatic ring is 1. The first kappa shape index (κ1) is 8.55. The van der Waals surface area contributed by atoms with Crippen molar-refractivity contribution in [1.82, 2.24) is 19.9 Å². The maximum absolute atomic E-state index is 5.70. The molecular weight excluding hydrogens is 178 g/mol. The van der Waals surface area contributed by atoms with Gasteiger partial charge in [0.25, 0.3) is 0 Å². The van der Waals surface area contributed by atoms with E-state index < -0.39 is 0 Å². The molecule has 0 aromatic carbocycles. The second-order valence-corrected chi connectivity index (χ2v) is 2.87. The van der Waals surface area contributed by atoms with Crippen LogP contribution in [-0.2, 0) is 0 Å². The molecule has 0 fully saturated rings. The molecule has 2 aromatic heterocycles. The fraction of sp³-hybridized carbons (Fsp3) is 0.111. The molecule has 14 heavy (non-hydrogen) atoms. The average Bonchev–Trinajstić information content (AvgIpc) is 2.20. The third-order valence-corrected chi connectivity index (χ3v) is 1.76. The Labute approximate surface area is 81.1 Å². The van der Waals surface area contributed by atoms with E-state index in [-0.39, 0.29) is 0 Å². The van der Waals surface area contributed by atoms with Crippen molar-refractivity contribution in [2.45, 2.75) is 6.92 Å². The number of hydrogen-bond donors (Lipinski definition) is 1. The maximum Gasteiger partial charge on any atom is 0.117 e. The van der Waals surface area contributed by atoms with Crippen LogP contribution >= 0.6 is 0 Å². The van der Waals surface area contributed by atoms with Gasteiger partial charge in [0.2, 0.25) is 0 Å². The van der Waals surface area contributed by atoms with Gasteiger partial charge >= 0.3 is 0 Å². The standard InChI is InChI=1S/C9H9N5/c1-6-2-13-8(4-12-6)9-7(10)3-11-5-14-9/h2-5H,10H2,1H3. The Kier molecular flexibility index (Phi) is 2.06. The number of nitrogens with zero attached hydrogens (tertiary/aromatic N) is 4. The Morgan fingerprint density at radius 3 is 2.57 bits per heavy atom. The van der Waals surface area contributed by atoms with Gasteiger partial charge in [-0.2, -0.15) is 0 Å². The summed E-state index contributed by atoms with van der Waals surface area (Å²) < 4.78 is 0. The lowest BCUT2D eigenvalue weighted by atomic mass is 10.3. The molecule has 0 aliphatic rings. The minimum absolute atomic E-state index is 0.505. The van der Waals surface area contributed by atoms with Crippen molar-refractivity contribution in [2.75, 3.05) is 5.73 Å². The van der Waals surface area contributed by atoms with Crippen LogP contribution < -0.4 is 5.73 Å². The molecule has 0 saturated heterocycles. The summed E-state index contributed by atoms with van der Waals surface area (Å²) in [5.74, 6) is 0. The molecule has 2 heterocycles. The molecule has 5 heteroatoms. The third kappa shape index (κ3) is 1.52. The van der Waals surface area contributed by atoms with Crippen LogP contribution in [0.3, 0.4) is 0 Å². The van der Waals surface area contributed by atoms with Gasteiger partial charge in [-0.25, -0.2) is 9.97 Å². The second kappa shape index (κ2) is 3.37. The van der Waals surface area contributed by atoms with Gasteiger partial charge in [-0.3, -0.25) is 9.97 Å². The number of rotatable bonds is 1. The minimum Gasteiger partial charge on any atom is -0.396 e. The third-order valence-electron chi connectivity index (χ3n) is 1.76. The Bertz CT molecular complexity index is 437. The van der Waals surface area contributed by atoms with Gasteiger partial charge < -0.3 is 5.73 Å². The lowest BCUT2D eigenvalue weighted by Crippen LogP contribution is -1.97. The number of aryl methyl sites for hydroxylation is 1. The molecule has 5 nitrogen and oxygen atoms in total. The van der Waals surface area contributed by atoms with Crippen LogP contribution in [0.2, 0.25) is 0 Å². The van der Waals surface area contributed by atoms with E-state index in [0.717, 1.165) is 5.69 Å². The molecule has 2 rings (SSSR count). The summed E-state index contributed by atoms with van der Waals surface area (Å²) in [6.45, 7) is 1.88. The van der Waals surface area contributed by atoms with Gasteiger partial charge in [0.05, 0.1) is 23.8 Å². The fourth-order valence-electron chi connectivity index (χ4n) is 1.07. The lowest BCUT2D eigenvalue weighted by Gasteiger charge is -2.01. The molecule has 0 aliphatic heterocycles. The van der Waals surface area contributed by atoms with E-state index in [2.05, 4.69) is 19.9 Å². The van der Waals surface area contributed by atoms with E-state index in [1.807, 2.05) is 6.92 Å². The molecular formula is C9H9N5. The van der Waals surface area contributed by atoms with E-state index in [4.69, 9.17) is 5.73 Å². The predicted octanol–water partition coefficient (Wildman–Crippen LogP) is 0.824. The smallest absolute Gasteiger partial charge is 0.117 e. The zero-order valence-corrected chi connectivity index (χ0v) is 7.68. The summed E-state index contributed by atoms with van der Waals surface area (Å²) in [4.78, 5) is 16.1. The SMILES string of the molecule is Cc1cnc(-c2ncncc2N)cn1. The molecule has 0 amide bonds. The van der Waals surface area contributed by atoms with Crippen LogP contribution in [-0.4, -0.2) is 19.9 Å². The van der Waals surface area contributed by atoms with E-state index in [1.54, 1.807) is 18.6 Å². The Morgan fingerprint density at radius 2 is 1.93 bits per heavy atom. The van der Waals surface area contributed by atoms with Gasteiger partial charge in [-0.05, 0) is 6.92 Å². The van der Waals surface area contributed by atoms with Gasteiger partial charge in [-0.15, -0.1) is 0 Å². The summed E-state index contributed by atoms with van der Waals surface area (Å²) in [5.41, 5.74) is 8.35. The predicted molar refractivity (Wildman–Crippen MR) is 52.2 cm³/mol. The van der Waals surface area contributed by atoms with Crippen LogP contribution in [0.5, 0.6) is 0 Å². The summed E-state index contributed by atoms with van der Waals surface area (Å²) in [6.07, 6.45) is 6.31. The Balaban J connectivity index is 2.50.